The molecular weight excluding hydrogens is 407 g/mol. The van der Waals surface area contributed by atoms with Crippen molar-refractivity contribution in [3.05, 3.63) is 64.1 Å². The minimum absolute atomic E-state index is 0.254. The summed E-state index contributed by atoms with van der Waals surface area (Å²) >= 11 is 12.1. The van der Waals surface area contributed by atoms with Crippen molar-refractivity contribution >= 4 is 44.8 Å². The van der Waals surface area contributed by atoms with Crippen molar-refractivity contribution < 1.29 is 13.2 Å². The van der Waals surface area contributed by atoms with Crippen molar-refractivity contribution in [3.63, 3.8) is 0 Å². The van der Waals surface area contributed by atoms with Gasteiger partial charge in [0.25, 0.3) is 0 Å². The van der Waals surface area contributed by atoms with E-state index in [2.05, 4.69) is 5.32 Å². The van der Waals surface area contributed by atoms with E-state index in [-0.39, 0.29) is 18.2 Å². The number of benzene rings is 2. The molecule has 0 aromatic heterocycles. The van der Waals surface area contributed by atoms with Crippen LogP contribution in [0.2, 0.25) is 10.0 Å². The Hall–Kier alpha value is -1.76. The molecule has 0 fully saturated rings. The van der Waals surface area contributed by atoms with Gasteiger partial charge in [-0.15, -0.1) is 0 Å². The van der Waals surface area contributed by atoms with Gasteiger partial charge in [0.15, 0.2) is 0 Å². The summed E-state index contributed by atoms with van der Waals surface area (Å²) < 4.78 is 26.0. The molecule has 0 aliphatic carbocycles. The molecule has 0 unspecified atom stereocenters. The SMILES string of the molecule is CC[C@@H](C(=O)N[C@H](C)c1ccccc1)N(c1cc(Cl)cc(Cl)c1)S(C)(=O)=O. The molecule has 2 rings (SSSR count). The number of halogens is 2. The lowest BCUT2D eigenvalue weighted by atomic mass is 10.1. The lowest BCUT2D eigenvalue weighted by Crippen LogP contribution is -2.49. The maximum Gasteiger partial charge on any atom is 0.244 e. The van der Waals surface area contributed by atoms with Crippen molar-refractivity contribution in [2.45, 2.75) is 32.4 Å². The maximum atomic E-state index is 12.9. The Labute approximate surface area is 170 Å². The number of sulfonamides is 1. The third kappa shape index (κ3) is 5.61. The smallest absolute Gasteiger partial charge is 0.244 e. The highest BCUT2D eigenvalue weighted by atomic mass is 35.5. The Morgan fingerprint density at radius 3 is 2.15 bits per heavy atom. The molecule has 2 aromatic rings. The summed E-state index contributed by atoms with van der Waals surface area (Å²) in [7, 11) is -3.75. The zero-order valence-electron chi connectivity index (χ0n) is 15.3. The molecule has 0 aliphatic heterocycles. The summed E-state index contributed by atoms with van der Waals surface area (Å²) in [6.45, 7) is 3.60. The number of carbonyl (C=O) groups is 1. The topological polar surface area (TPSA) is 66.5 Å². The maximum absolute atomic E-state index is 12.9. The fraction of sp³-hybridized carbons (Fsp3) is 0.316. The first-order chi connectivity index (χ1) is 12.6. The molecule has 2 atom stereocenters. The van der Waals surface area contributed by atoms with Gasteiger partial charge < -0.3 is 5.32 Å². The highest BCUT2D eigenvalue weighted by Gasteiger charge is 2.32. The van der Waals surface area contributed by atoms with Crippen LogP contribution in [0.25, 0.3) is 0 Å². The Morgan fingerprint density at radius 1 is 1.11 bits per heavy atom. The van der Waals surface area contributed by atoms with Gasteiger partial charge in [-0.25, -0.2) is 8.42 Å². The van der Waals surface area contributed by atoms with Gasteiger partial charge in [0.1, 0.15) is 6.04 Å². The number of nitrogens with one attached hydrogen (secondary N) is 1. The fourth-order valence-electron chi connectivity index (χ4n) is 2.86. The Kier molecular flexibility index (Phi) is 7.14. The van der Waals surface area contributed by atoms with Crippen LogP contribution in [-0.2, 0) is 14.8 Å². The molecule has 0 heterocycles. The average Bonchev–Trinajstić information content (AvgIpc) is 2.58. The van der Waals surface area contributed by atoms with Crippen LogP contribution in [0.1, 0.15) is 31.9 Å². The monoisotopic (exact) mass is 428 g/mol. The molecule has 0 aliphatic rings. The summed E-state index contributed by atoms with van der Waals surface area (Å²) in [5, 5.41) is 3.47. The number of carbonyl (C=O) groups excluding carboxylic acids is 1. The average molecular weight is 429 g/mol. The molecule has 0 bridgehead atoms. The number of rotatable bonds is 7. The van der Waals surface area contributed by atoms with Crippen LogP contribution >= 0.6 is 23.2 Å². The summed E-state index contributed by atoms with van der Waals surface area (Å²) in [4.78, 5) is 12.9. The normalized spacial score (nSPS) is 13.7. The van der Waals surface area contributed by atoms with Gasteiger partial charge in [0, 0.05) is 10.0 Å². The van der Waals surface area contributed by atoms with Gasteiger partial charge in [-0.1, -0.05) is 60.5 Å². The molecule has 0 spiro atoms. The molecule has 0 saturated heterocycles. The van der Waals surface area contributed by atoms with Crippen LogP contribution in [0.3, 0.4) is 0 Å². The minimum Gasteiger partial charge on any atom is -0.348 e. The second kappa shape index (κ2) is 8.95. The van der Waals surface area contributed by atoms with Crippen molar-refractivity contribution in [2.75, 3.05) is 10.6 Å². The molecule has 1 N–H and O–H groups in total. The highest BCUT2D eigenvalue weighted by molar-refractivity contribution is 7.92. The number of amides is 1. The van der Waals surface area contributed by atoms with Crippen molar-refractivity contribution in [2.24, 2.45) is 0 Å². The zero-order valence-corrected chi connectivity index (χ0v) is 17.6. The molecule has 1 amide bonds. The minimum atomic E-state index is -3.75. The first-order valence-electron chi connectivity index (χ1n) is 8.44. The van der Waals surface area contributed by atoms with Crippen LogP contribution in [-0.4, -0.2) is 26.6 Å². The molecule has 0 saturated carbocycles. The zero-order chi connectivity index (χ0) is 20.2. The van der Waals surface area contributed by atoms with Gasteiger partial charge in [0.2, 0.25) is 15.9 Å². The van der Waals surface area contributed by atoms with E-state index in [4.69, 9.17) is 23.2 Å². The van der Waals surface area contributed by atoms with Crippen LogP contribution in [0.15, 0.2) is 48.5 Å². The van der Waals surface area contributed by atoms with Crippen LogP contribution < -0.4 is 9.62 Å². The van der Waals surface area contributed by atoms with E-state index in [0.29, 0.717) is 10.0 Å². The van der Waals surface area contributed by atoms with Crippen molar-refractivity contribution in [3.8, 4) is 0 Å². The second-order valence-corrected chi connectivity index (χ2v) is 8.98. The van der Waals surface area contributed by atoms with Gasteiger partial charge >= 0.3 is 0 Å². The standard InChI is InChI=1S/C19H22Cl2N2O3S/c1-4-18(19(24)22-13(2)14-8-6-5-7-9-14)23(27(3,25)26)17-11-15(20)10-16(21)12-17/h5-13,18H,4H2,1-3H3,(H,22,24)/t13-,18+/m1/s1. The van der Waals surface area contributed by atoms with Crippen molar-refractivity contribution in [1.82, 2.24) is 5.32 Å². The Balaban J connectivity index is 2.36. The number of nitrogens with zero attached hydrogens (tertiary/aromatic N) is 1. The van der Waals surface area contributed by atoms with Crippen LogP contribution in [0.4, 0.5) is 5.69 Å². The molecule has 0 radical (unpaired) electrons. The van der Waals surface area contributed by atoms with Gasteiger partial charge in [-0.05, 0) is 37.1 Å². The van der Waals surface area contributed by atoms with E-state index in [0.717, 1.165) is 16.1 Å². The van der Waals surface area contributed by atoms with E-state index in [9.17, 15) is 13.2 Å². The number of hydrogen-bond acceptors (Lipinski definition) is 3. The van der Waals surface area contributed by atoms with E-state index < -0.39 is 22.0 Å². The number of hydrogen-bond donors (Lipinski definition) is 1. The second-order valence-electron chi connectivity index (χ2n) is 6.25. The summed E-state index contributed by atoms with van der Waals surface area (Å²) in [6.07, 6.45) is 1.34. The third-order valence-corrected chi connectivity index (χ3v) is 5.71. The Bertz CT molecular complexity index is 884. The first-order valence-corrected chi connectivity index (χ1v) is 11.0. The van der Waals surface area contributed by atoms with Gasteiger partial charge in [0.05, 0.1) is 18.0 Å². The largest absolute Gasteiger partial charge is 0.348 e. The highest BCUT2D eigenvalue weighted by Crippen LogP contribution is 2.29. The third-order valence-electron chi connectivity index (χ3n) is 4.09. The Morgan fingerprint density at radius 2 is 1.67 bits per heavy atom. The molecule has 5 nitrogen and oxygen atoms in total. The summed E-state index contributed by atoms with van der Waals surface area (Å²) in [5.41, 5.74) is 1.18. The predicted octanol–water partition coefficient (Wildman–Crippen LogP) is 4.42. The lowest BCUT2D eigenvalue weighted by molar-refractivity contribution is -0.122. The molecule has 2 aromatic carbocycles. The van der Waals surface area contributed by atoms with Gasteiger partial charge in [-0.3, -0.25) is 9.10 Å². The molecule has 8 heteroatoms. The lowest BCUT2D eigenvalue weighted by Gasteiger charge is -2.31. The van der Waals surface area contributed by atoms with Gasteiger partial charge in [-0.2, -0.15) is 0 Å². The van der Waals surface area contributed by atoms with Crippen LogP contribution in [0.5, 0.6) is 0 Å². The summed E-state index contributed by atoms with van der Waals surface area (Å²) in [6, 6.07) is 12.7. The first kappa shape index (κ1) is 21.5. The summed E-state index contributed by atoms with van der Waals surface area (Å²) in [5.74, 6) is -0.393. The van der Waals surface area contributed by atoms with E-state index in [1.165, 1.54) is 18.2 Å². The molecular formula is C19H22Cl2N2O3S. The quantitative estimate of drug-likeness (QED) is 0.709. The van der Waals surface area contributed by atoms with E-state index in [1.807, 2.05) is 37.3 Å². The van der Waals surface area contributed by atoms with E-state index in [1.54, 1.807) is 6.92 Å². The van der Waals surface area contributed by atoms with Crippen LogP contribution in [0, 0.1) is 0 Å². The molecule has 27 heavy (non-hydrogen) atoms. The predicted molar refractivity (Wildman–Crippen MR) is 111 cm³/mol. The fourth-order valence-corrected chi connectivity index (χ4v) is 4.57. The number of anilines is 1. The van der Waals surface area contributed by atoms with E-state index >= 15 is 0 Å². The molecule has 146 valence electrons. The van der Waals surface area contributed by atoms with Crippen molar-refractivity contribution in [1.29, 1.82) is 0 Å².